The number of carbonyl (C=O) groups excluding carboxylic acids is 3. The van der Waals surface area contributed by atoms with Crippen molar-refractivity contribution in [3.05, 3.63) is 35.4 Å². The lowest BCUT2D eigenvalue weighted by atomic mass is 9.64. The summed E-state index contributed by atoms with van der Waals surface area (Å²) in [7, 11) is 1.41. The maximum atomic E-state index is 14.1. The van der Waals surface area contributed by atoms with Crippen molar-refractivity contribution in [1.29, 1.82) is 0 Å². The number of ether oxygens (including phenoxy) is 2. The van der Waals surface area contributed by atoms with Gasteiger partial charge in [-0.3, -0.25) is 14.4 Å². The minimum absolute atomic E-state index is 0.00252. The number of likely N-dealkylation sites (tertiary alicyclic amines) is 1. The zero-order chi connectivity index (χ0) is 28.9. The number of furan rings is 1. The van der Waals surface area contributed by atoms with Crippen molar-refractivity contribution in [3.8, 4) is 0 Å². The second-order valence-electron chi connectivity index (χ2n) is 12.3. The highest BCUT2D eigenvalue weighted by Crippen LogP contribution is 2.56. The fourth-order valence-corrected chi connectivity index (χ4v) is 6.39. The van der Waals surface area contributed by atoms with Crippen LogP contribution in [0, 0.1) is 30.1 Å². The van der Waals surface area contributed by atoms with Crippen LogP contribution in [-0.2, 0) is 30.4 Å². The maximum Gasteiger partial charge on any atom is 0.320 e. The van der Waals surface area contributed by atoms with Crippen LogP contribution in [0.5, 0.6) is 0 Å². The first kappa shape index (κ1) is 30.4. The van der Waals surface area contributed by atoms with E-state index in [2.05, 4.69) is 26.1 Å². The molecule has 3 aliphatic rings. The van der Waals surface area contributed by atoms with E-state index in [1.54, 1.807) is 0 Å². The molecule has 8 nitrogen and oxygen atoms in total. The van der Waals surface area contributed by atoms with E-state index in [9.17, 15) is 14.4 Å². The molecular formula is C32H48N2O6. The standard InChI is InChI=1S/C32H48N2O6/c1-6-7-8-9-10-11-16-34-27-18-26(21(2)3)40-29(23-13-14-23)32(27,31(37)38-5)19-24(30(34)36)17-28(35)33-20-25-15-12-22(4)39-25/h12,15,18,21,23-24,26,29H,6-11,13-14,16-17,19-20H2,1-5H3,(H,33,35)/t24-,26+,29+,32+/m0/s1. The molecule has 2 aliphatic heterocycles. The Kier molecular flexibility index (Phi) is 10.1. The predicted octanol–water partition coefficient (Wildman–Crippen LogP) is 5.68. The Morgan fingerprint density at radius 2 is 1.88 bits per heavy atom. The van der Waals surface area contributed by atoms with Crippen molar-refractivity contribution in [1.82, 2.24) is 10.2 Å². The van der Waals surface area contributed by atoms with Gasteiger partial charge in [0.1, 0.15) is 16.9 Å². The molecule has 1 saturated carbocycles. The van der Waals surface area contributed by atoms with E-state index in [-0.39, 0.29) is 61.2 Å². The van der Waals surface area contributed by atoms with Gasteiger partial charge in [0, 0.05) is 24.6 Å². The Morgan fingerprint density at radius 3 is 2.50 bits per heavy atom. The van der Waals surface area contributed by atoms with Crippen molar-refractivity contribution in [3.63, 3.8) is 0 Å². The van der Waals surface area contributed by atoms with Gasteiger partial charge in [0.05, 0.1) is 25.9 Å². The molecule has 1 aromatic rings. The van der Waals surface area contributed by atoms with E-state index in [0.29, 0.717) is 12.3 Å². The van der Waals surface area contributed by atoms with E-state index in [1.807, 2.05) is 30.0 Å². The molecule has 0 bridgehead atoms. The quantitative estimate of drug-likeness (QED) is 0.234. The molecule has 3 heterocycles. The fraction of sp³-hybridized carbons (Fsp3) is 0.719. The molecule has 1 saturated heterocycles. The van der Waals surface area contributed by atoms with Crippen LogP contribution in [0.15, 0.2) is 28.3 Å². The number of esters is 1. The molecule has 4 rings (SSSR count). The number of fused-ring (bicyclic) bond motifs is 1. The van der Waals surface area contributed by atoms with Crippen LogP contribution in [0.25, 0.3) is 0 Å². The van der Waals surface area contributed by atoms with Crippen molar-refractivity contribution in [2.24, 2.45) is 23.2 Å². The van der Waals surface area contributed by atoms with Gasteiger partial charge in [0.15, 0.2) is 0 Å². The van der Waals surface area contributed by atoms with E-state index < -0.39 is 11.3 Å². The Hall–Kier alpha value is -2.61. The molecule has 0 aromatic carbocycles. The molecule has 40 heavy (non-hydrogen) atoms. The number of rotatable bonds is 14. The highest BCUT2D eigenvalue weighted by atomic mass is 16.5. The monoisotopic (exact) mass is 556 g/mol. The Balaban J connectivity index is 1.62. The smallest absolute Gasteiger partial charge is 0.320 e. The summed E-state index contributed by atoms with van der Waals surface area (Å²) in [6.07, 6.45) is 10.2. The molecule has 4 atom stereocenters. The third-order valence-electron chi connectivity index (χ3n) is 8.72. The maximum absolute atomic E-state index is 14.1. The van der Waals surface area contributed by atoms with Gasteiger partial charge in [-0.15, -0.1) is 0 Å². The topological polar surface area (TPSA) is 98.1 Å². The van der Waals surface area contributed by atoms with Crippen LogP contribution >= 0.6 is 0 Å². The van der Waals surface area contributed by atoms with Crippen LogP contribution in [0.3, 0.4) is 0 Å². The third-order valence-corrected chi connectivity index (χ3v) is 8.72. The SMILES string of the molecule is CCCCCCCCN1C(=O)[C@@H](CC(=O)NCc2ccc(C)o2)C[C@@]2(C(=O)OC)C1=C[C@H](C(C)C)O[C@@H]2C1CC1. The minimum atomic E-state index is -1.10. The van der Waals surface area contributed by atoms with Crippen molar-refractivity contribution >= 4 is 17.8 Å². The summed E-state index contributed by atoms with van der Waals surface area (Å²) in [6.45, 7) is 9.05. The molecule has 0 unspecified atom stereocenters. The number of nitrogens with one attached hydrogen (secondary N) is 1. The van der Waals surface area contributed by atoms with E-state index in [4.69, 9.17) is 13.9 Å². The van der Waals surface area contributed by atoms with Gasteiger partial charge in [-0.2, -0.15) is 0 Å². The van der Waals surface area contributed by atoms with Gasteiger partial charge in [-0.25, -0.2) is 0 Å². The molecule has 0 radical (unpaired) electrons. The van der Waals surface area contributed by atoms with Crippen LogP contribution in [0.2, 0.25) is 0 Å². The van der Waals surface area contributed by atoms with E-state index >= 15 is 0 Å². The van der Waals surface area contributed by atoms with Crippen LogP contribution < -0.4 is 5.32 Å². The lowest BCUT2D eigenvalue weighted by molar-refractivity contribution is -0.182. The van der Waals surface area contributed by atoms with Crippen LogP contribution in [0.1, 0.15) is 96.5 Å². The average Bonchev–Trinajstić information content (AvgIpc) is 3.69. The number of unbranched alkanes of at least 4 members (excludes halogenated alkanes) is 5. The summed E-state index contributed by atoms with van der Waals surface area (Å²) >= 11 is 0. The van der Waals surface area contributed by atoms with Gasteiger partial charge in [0.2, 0.25) is 11.8 Å². The molecule has 2 amide bonds. The van der Waals surface area contributed by atoms with Crippen molar-refractivity contribution in [2.75, 3.05) is 13.7 Å². The summed E-state index contributed by atoms with van der Waals surface area (Å²) in [5.41, 5.74) is -0.358. The molecule has 1 aliphatic carbocycles. The molecular weight excluding hydrogens is 508 g/mol. The first-order chi connectivity index (χ1) is 19.2. The van der Waals surface area contributed by atoms with Crippen LogP contribution in [-0.4, -0.2) is 48.5 Å². The van der Waals surface area contributed by atoms with Crippen LogP contribution in [0.4, 0.5) is 0 Å². The summed E-state index contributed by atoms with van der Waals surface area (Å²) in [6, 6.07) is 3.68. The van der Waals surface area contributed by atoms with Gasteiger partial charge in [-0.1, -0.05) is 52.9 Å². The lowest BCUT2D eigenvalue weighted by Gasteiger charge is -2.53. The number of nitrogens with zero attached hydrogens (tertiary/aromatic N) is 1. The first-order valence-electron chi connectivity index (χ1n) is 15.3. The van der Waals surface area contributed by atoms with E-state index in [1.165, 1.54) is 26.4 Å². The fourth-order valence-electron chi connectivity index (χ4n) is 6.39. The Bertz CT molecular complexity index is 1070. The minimum Gasteiger partial charge on any atom is -0.468 e. The van der Waals surface area contributed by atoms with Crippen molar-refractivity contribution < 1.29 is 28.3 Å². The Labute approximate surface area is 239 Å². The summed E-state index contributed by atoms with van der Waals surface area (Å²) in [4.78, 5) is 42.8. The zero-order valence-corrected chi connectivity index (χ0v) is 25.0. The number of hydrogen-bond acceptors (Lipinski definition) is 6. The number of carbonyl (C=O) groups is 3. The Morgan fingerprint density at radius 1 is 1.15 bits per heavy atom. The molecule has 1 N–H and O–H groups in total. The number of piperidine rings is 1. The second kappa shape index (κ2) is 13.4. The predicted molar refractivity (Wildman–Crippen MR) is 152 cm³/mol. The number of amides is 2. The first-order valence-corrected chi connectivity index (χ1v) is 15.3. The molecule has 0 spiro atoms. The summed E-state index contributed by atoms with van der Waals surface area (Å²) in [5.74, 6) is 0.552. The zero-order valence-electron chi connectivity index (χ0n) is 25.0. The highest BCUT2D eigenvalue weighted by molar-refractivity contribution is 5.92. The molecule has 1 aromatic heterocycles. The number of hydrogen-bond donors (Lipinski definition) is 1. The molecule has 8 heteroatoms. The molecule has 222 valence electrons. The average molecular weight is 557 g/mol. The molecule has 2 fully saturated rings. The van der Waals surface area contributed by atoms with Gasteiger partial charge in [0.25, 0.3) is 0 Å². The highest BCUT2D eigenvalue weighted by Gasteiger charge is 2.63. The lowest BCUT2D eigenvalue weighted by Crippen LogP contribution is -2.62. The second-order valence-corrected chi connectivity index (χ2v) is 12.3. The van der Waals surface area contributed by atoms with Gasteiger partial charge < -0.3 is 24.1 Å². The third kappa shape index (κ3) is 6.64. The largest absolute Gasteiger partial charge is 0.468 e. The number of methoxy groups -OCH3 is 1. The van der Waals surface area contributed by atoms with Gasteiger partial charge in [-0.05, 0) is 62.7 Å². The van der Waals surface area contributed by atoms with E-state index in [0.717, 1.165) is 43.6 Å². The van der Waals surface area contributed by atoms with Crippen molar-refractivity contribution in [2.45, 2.75) is 111 Å². The van der Waals surface area contributed by atoms with Gasteiger partial charge >= 0.3 is 5.97 Å². The normalized spacial score (nSPS) is 26.4. The number of aryl methyl sites for hydroxylation is 1. The summed E-state index contributed by atoms with van der Waals surface area (Å²) in [5, 5.41) is 2.90. The summed E-state index contributed by atoms with van der Waals surface area (Å²) < 4.78 is 17.7.